The first kappa shape index (κ1) is 14.6. The van der Waals surface area contributed by atoms with E-state index in [0.717, 1.165) is 5.39 Å². The predicted octanol–water partition coefficient (Wildman–Crippen LogP) is 3.45. The van der Waals surface area contributed by atoms with Crippen LogP contribution in [0.15, 0.2) is 30.5 Å². The molecule has 0 bridgehead atoms. The molecule has 0 unspecified atom stereocenters. The Morgan fingerprint density at radius 2 is 1.85 bits per heavy atom. The van der Waals surface area contributed by atoms with Gasteiger partial charge in [0.25, 0.3) is 0 Å². The fourth-order valence-electron chi connectivity index (χ4n) is 1.91. The SMILES string of the molecule is OCc1cnc(OCCCC(F)(F)F)c2ccccc12. The molecular weight excluding hydrogens is 271 g/mol. The number of aromatic nitrogens is 1. The Kier molecular flexibility index (Phi) is 4.44. The maximum absolute atomic E-state index is 12.0. The molecule has 0 saturated carbocycles. The molecule has 6 heteroatoms. The summed E-state index contributed by atoms with van der Waals surface area (Å²) in [6, 6.07) is 7.17. The summed E-state index contributed by atoms with van der Waals surface area (Å²) in [5.74, 6) is 0.292. The summed E-state index contributed by atoms with van der Waals surface area (Å²) in [7, 11) is 0. The molecule has 3 nitrogen and oxygen atoms in total. The zero-order chi connectivity index (χ0) is 14.6. The van der Waals surface area contributed by atoms with Crippen molar-refractivity contribution in [3.63, 3.8) is 0 Å². The summed E-state index contributed by atoms with van der Waals surface area (Å²) in [6.45, 7) is -0.198. The molecule has 0 amide bonds. The normalized spacial score (nSPS) is 11.8. The first-order chi connectivity index (χ1) is 9.51. The van der Waals surface area contributed by atoms with E-state index in [4.69, 9.17) is 4.74 Å². The number of alkyl halides is 3. The van der Waals surface area contributed by atoms with E-state index in [0.29, 0.717) is 16.8 Å². The number of aliphatic hydroxyl groups excluding tert-OH is 1. The number of benzene rings is 1. The minimum absolute atomic E-state index is 0.0467. The van der Waals surface area contributed by atoms with Crippen molar-refractivity contribution in [2.24, 2.45) is 0 Å². The van der Waals surface area contributed by atoms with E-state index in [1.54, 1.807) is 12.1 Å². The van der Waals surface area contributed by atoms with Gasteiger partial charge in [-0.2, -0.15) is 13.2 Å². The third-order valence-corrected chi connectivity index (χ3v) is 2.85. The van der Waals surface area contributed by atoms with Crippen LogP contribution in [0.5, 0.6) is 5.88 Å². The lowest BCUT2D eigenvalue weighted by atomic mass is 10.1. The van der Waals surface area contributed by atoms with E-state index < -0.39 is 12.6 Å². The van der Waals surface area contributed by atoms with E-state index in [1.807, 2.05) is 12.1 Å². The Hall–Kier alpha value is -1.82. The van der Waals surface area contributed by atoms with Gasteiger partial charge >= 0.3 is 6.18 Å². The number of rotatable bonds is 5. The largest absolute Gasteiger partial charge is 0.477 e. The zero-order valence-corrected chi connectivity index (χ0v) is 10.7. The van der Waals surface area contributed by atoms with Crippen molar-refractivity contribution in [3.8, 4) is 5.88 Å². The first-order valence-corrected chi connectivity index (χ1v) is 6.18. The van der Waals surface area contributed by atoms with Crippen molar-refractivity contribution in [1.29, 1.82) is 0 Å². The number of aliphatic hydroxyl groups is 1. The van der Waals surface area contributed by atoms with Crippen LogP contribution >= 0.6 is 0 Å². The van der Waals surface area contributed by atoms with Gasteiger partial charge < -0.3 is 9.84 Å². The number of fused-ring (bicyclic) bond motifs is 1. The summed E-state index contributed by atoms with van der Waals surface area (Å²) in [5, 5.41) is 10.7. The lowest BCUT2D eigenvalue weighted by Crippen LogP contribution is -2.10. The minimum Gasteiger partial charge on any atom is -0.477 e. The number of halogens is 3. The van der Waals surface area contributed by atoms with Crippen LogP contribution in [0, 0.1) is 0 Å². The Bertz CT molecular complexity index is 584. The third-order valence-electron chi connectivity index (χ3n) is 2.85. The van der Waals surface area contributed by atoms with Gasteiger partial charge in [0.15, 0.2) is 0 Å². The number of ether oxygens (including phenoxy) is 1. The molecular formula is C14H14F3NO2. The highest BCUT2D eigenvalue weighted by molar-refractivity contribution is 5.89. The number of nitrogens with zero attached hydrogens (tertiary/aromatic N) is 1. The van der Waals surface area contributed by atoms with Crippen LogP contribution in [-0.2, 0) is 6.61 Å². The van der Waals surface area contributed by atoms with Crippen molar-refractivity contribution in [2.45, 2.75) is 25.6 Å². The van der Waals surface area contributed by atoms with Crippen LogP contribution in [0.4, 0.5) is 13.2 Å². The smallest absolute Gasteiger partial charge is 0.389 e. The predicted molar refractivity (Wildman–Crippen MR) is 68.4 cm³/mol. The fraction of sp³-hybridized carbons (Fsp3) is 0.357. The highest BCUT2D eigenvalue weighted by Gasteiger charge is 2.26. The topological polar surface area (TPSA) is 42.4 Å². The molecule has 0 atom stereocenters. The van der Waals surface area contributed by atoms with Crippen LogP contribution in [0.2, 0.25) is 0 Å². The quantitative estimate of drug-likeness (QED) is 0.856. The Morgan fingerprint density at radius 3 is 2.50 bits per heavy atom. The highest BCUT2D eigenvalue weighted by atomic mass is 19.4. The van der Waals surface area contributed by atoms with Crippen LogP contribution in [0.25, 0.3) is 10.8 Å². The molecule has 1 N–H and O–H groups in total. The summed E-state index contributed by atoms with van der Waals surface area (Å²) < 4.78 is 41.4. The standard InChI is InChI=1S/C14H14F3NO2/c15-14(16,17)6-3-7-20-13-12-5-2-1-4-11(12)10(9-19)8-18-13/h1-2,4-5,8,19H,3,6-7,9H2. The second-order valence-electron chi connectivity index (χ2n) is 4.36. The van der Waals surface area contributed by atoms with Crippen molar-refractivity contribution < 1.29 is 23.0 Å². The molecule has 2 rings (SSSR count). The summed E-state index contributed by atoms with van der Waals surface area (Å²) >= 11 is 0. The zero-order valence-electron chi connectivity index (χ0n) is 10.7. The maximum Gasteiger partial charge on any atom is 0.389 e. The van der Waals surface area contributed by atoms with Gasteiger partial charge in [-0.05, 0) is 17.9 Å². The molecule has 108 valence electrons. The van der Waals surface area contributed by atoms with Crippen molar-refractivity contribution in [2.75, 3.05) is 6.61 Å². The van der Waals surface area contributed by atoms with Crippen LogP contribution in [0.1, 0.15) is 18.4 Å². The summed E-state index contributed by atoms with van der Waals surface area (Å²) in [5.41, 5.74) is 0.656. The average molecular weight is 285 g/mol. The van der Waals surface area contributed by atoms with Gasteiger partial charge in [0, 0.05) is 23.6 Å². The molecule has 0 aliphatic heterocycles. The van der Waals surface area contributed by atoms with Crippen molar-refractivity contribution in [3.05, 3.63) is 36.0 Å². The average Bonchev–Trinajstić information content (AvgIpc) is 2.42. The molecule has 0 radical (unpaired) electrons. The second kappa shape index (κ2) is 6.09. The van der Waals surface area contributed by atoms with Gasteiger partial charge in [-0.15, -0.1) is 0 Å². The van der Waals surface area contributed by atoms with Crippen LogP contribution in [-0.4, -0.2) is 22.9 Å². The highest BCUT2D eigenvalue weighted by Crippen LogP contribution is 2.27. The first-order valence-electron chi connectivity index (χ1n) is 6.18. The molecule has 1 aromatic carbocycles. The lowest BCUT2D eigenvalue weighted by Gasteiger charge is -2.11. The van der Waals surface area contributed by atoms with Gasteiger partial charge in [0.1, 0.15) is 0 Å². The van der Waals surface area contributed by atoms with E-state index in [1.165, 1.54) is 6.20 Å². The van der Waals surface area contributed by atoms with Gasteiger partial charge in [-0.3, -0.25) is 0 Å². The van der Waals surface area contributed by atoms with Gasteiger partial charge in [-0.25, -0.2) is 4.98 Å². The Morgan fingerprint density at radius 1 is 1.15 bits per heavy atom. The van der Waals surface area contributed by atoms with Gasteiger partial charge in [-0.1, -0.05) is 18.2 Å². The number of hydrogen-bond acceptors (Lipinski definition) is 3. The number of hydrogen-bond donors (Lipinski definition) is 1. The van der Waals surface area contributed by atoms with E-state index in [9.17, 15) is 18.3 Å². The van der Waals surface area contributed by atoms with Gasteiger partial charge in [0.05, 0.1) is 13.2 Å². The molecule has 0 saturated heterocycles. The fourth-order valence-corrected chi connectivity index (χ4v) is 1.91. The van der Waals surface area contributed by atoms with Crippen molar-refractivity contribution >= 4 is 10.8 Å². The number of pyridine rings is 1. The summed E-state index contributed by atoms with van der Waals surface area (Å²) in [6.07, 6.45) is -3.68. The molecule has 2 aromatic rings. The molecule has 1 heterocycles. The third kappa shape index (κ3) is 3.60. The summed E-state index contributed by atoms with van der Waals surface area (Å²) in [4.78, 5) is 4.05. The van der Waals surface area contributed by atoms with Crippen molar-refractivity contribution in [1.82, 2.24) is 4.98 Å². The minimum atomic E-state index is -4.17. The molecule has 0 aliphatic carbocycles. The monoisotopic (exact) mass is 285 g/mol. The van der Waals surface area contributed by atoms with Crippen LogP contribution in [0.3, 0.4) is 0 Å². The second-order valence-corrected chi connectivity index (χ2v) is 4.36. The maximum atomic E-state index is 12.0. The Balaban J connectivity index is 2.11. The molecule has 20 heavy (non-hydrogen) atoms. The van der Waals surface area contributed by atoms with E-state index in [2.05, 4.69) is 4.98 Å². The molecule has 1 aromatic heterocycles. The van der Waals surface area contributed by atoms with E-state index >= 15 is 0 Å². The molecule has 0 fully saturated rings. The molecule has 0 aliphatic rings. The Labute approximate surface area is 114 Å². The van der Waals surface area contributed by atoms with Crippen LogP contribution < -0.4 is 4.74 Å². The lowest BCUT2D eigenvalue weighted by molar-refractivity contribution is -0.136. The van der Waals surface area contributed by atoms with E-state index in [-0.39, 0.29) is 19.6 Å². The molecule has 0 spiro atoms. The van der Waals surface area contributed by atoms with Gasteiger partial charge in [0.2, 0.25) is 5.88 Å².